The number of fused-ring (bicyclic) bond motifs is 1. The number of rotatable bonds is 3. The molecule has 3 aromatic rings. The second kappa shape index (κ2) is 6.20. The van der Waals surface area contributed by atoms with Gasteiger partial charge in [0.2, 0.25) is 0 Å². The van der Waals surface area contributed by atoms with Crippen molar-refractivity contribution >= 4 is 33.2 Å². The maximum absolute atomic E-state index is 13.5. The molecular formula is C16H14BrFN4O2. The summed E-state index contributed by atoms with van der Waals surface area (Å²) in [6.07, 6.45) is 3.33. The van der Waals surface area contributed by atoms with Crippen LogP contribution in [0, 0.1) is 12.7 Å². The fraction of sp³-hybridized carbons (Fsp3) is 0.188. The van der Waals surface area contributed by atoms with Crippen LogP contribution in [0.4, 0.5) is 10.1 Å². The van der Waals surface area contributed by atoms with Crippen LogP contribution < -0.4 is 9.64 Å². The molecule has 3 rings (SSSR count). The predicted octanol–water partition coefficient (Wildman–Crippen LogP) is 3.22. The third kappa shape index (κ3) is 2.73. The quantitative estimate of drug-likeness (QED) is 0.686. The number of imidazole rings is 1. The minimum absolute atomic E-state index is 0.0715. The summed E-state index contributed by atoms with van der Waals surface area (Å²) in [6.45, 7) is 1.88. The highest BCUT2D eigenvalue weighted by atomic mass is 79.9. The number of anilines is 1. The maximum atomic E-state index is 13.5. The van der Waals surface area contributed by atoms with E-state index in [0.29, 0.717) is 15.9 Å². The number of ether oxygens (including phenoxy) is 1. The zero-order valence-electron chi connectivity index (χ0n) is 13.2. The number of halogens is 2. The van der Waals surface area contributed by atoms with E-state index < -0.39 is 5.82 Å². The lowest BCUT2D eigenvalue weighted by Gasteiger charge is -2.18. The highest BCUT2D eigenvalue weighted by Gasteiger charge is 2.19. The van der Waals surface area contributed by atoms with E-state index >= 15 is 0 Å². The molecule has 0 bridgehead atoms. The molecule has 2 aromatic heterocycles. The summed E-state index contributed by atoms with van der Waals surface area (Å²) in [5, 5.41) is 0. The molecule has 0 aliphatic carbocycles. The van der Waals surface area contributed by atoms with Crippen LogP contribution in [0.15, 0.2) is 35.2 Å². The van der Waals surface area contributed by atoms with E-state index in [1.165, 1.54) is 30.2 Å². The fourth-order valence-electron chi connectivity index (χ4n) is 2.32. The molecule has 0 spiro atoms. The highest BCUT2D eigenvalue weighted by Crippen LogP contribution is 2.25. The minimum Gasteiger partial charge on any atom is -0.494 e. The Morgan fingerprint density at radius 2 is 2.17 bits per heavy atom. The van der Waals surface area contributed by atoms with E-state index in [1.54, 1.807) is 23.8 Å². The van der Waals surface area contributed by atoms with Gasteiger partial charge in [0, 0.05) is 36.9 Å². The topological polar surface area (TPSA) is 59.7 Å². The van der Waals surface area contributed by atoms with Crippen molar-refractivity contribution in [3.05, 3.63) is 52.4 Å². The van der Waals surface area contributed by atoms with Crippen LogP contribution >= 0.6 is 15.9 Å². The van der Waals surface area contributed by atoms with Crippen molar-refractivity contribution in [2.45, 2.75) is 6.92 Å². The summed E-state index contributed by atoms with van der Waals surface area (Å²) in [4.78, 5) is 22.6. The van der Waals surface area contributed by atoms with E-state index in [2.05, 4.69) is 25.9 Å². The molecule has 1 aromatic carbocycles. The van der Waals surface area contributed by atoms with E-state index in [1.807, 2.05) is 6.92 Å². The summed E-state index contributed by atoms with van der Waals surface area (Å²) < 4.78 is 20.8. The van der Waals surface area contributed by atoms with E-state index in [9.17, 15) is 9.18 Å². The molecule has 0 unspecified atom stereocenters. The Morgan fingerprint density at radius 1 is 1.42 bits per heavy atom. The summed E-state index contributed by atoms with van der Waals surface area (Å²) in [7, 11) is 2.97. The van der Waals surface area contributed by atoms with Gasteiger partial charge in [-0.3, -0.25) is 9.20 Å². The van der Waals surface area contributed by atoms with Crippen LogP contribution in [0.1, 0.15) is 16.2 Å². The normalized spacial score (nSPS) is 10.9. The van der Waals surface area contributed by atoms with Gasteiger partial charge in [0.1, 0.15) is 10.3 Å². The first kappa shape index (κ1) is 16.4. The zero-order valence-corrected chi connectivity index (χ0v) is 14.8. The summed E-state index contributed by atoms with van der Waals surface area (Å²) in [5.74, 6) is -0.750. The highest BCUT2D eigenvalue weighted by molar-refractivity contribution is 9.10. The van der Waals surface area contributed by atoms with Crippen LogP contribution in [-0.2, 0) is 0 Å². The lowest BCUT2D eigenvalue weighted by atomic mass is 10.2. The van der Waals surface area contributed by atoms with Crippen molar-refractivity contribution in [2.75, 3.05) is 19.1 Å². The number of aromatic nitrogens is 3. The Labute approximate surface area is 146 Å². The summed E-state index contributed by atoms with van der Waals surface area (Å²) in [5.41, 5.74) is 2.25. The Kier molecular flexibility index (Phi) is 4.23. The summed E-state index contributed by atoms with van der Waals surface area (Å²) >= 11 is 3.33. The number of methoxy groups -OCH3 is 1. The van der Waals surface area contributed by atoms with Gasteiger partial charge in [-0.05, 0) is 35.0 Å². The Balaban J connectivity index is 2.00. The molecule has 8 heteroatoms. The number of hydrogen-bond acceptors (Lipinski definition) is 4. The lowest BCUT2D eigenvalue weighted by Crippen LogP contribution is -2.27. The Morgan fingerprint density at radius 3 is 2.88 bits per heavy atom. The first-order valence-electron chi connectivity index (χ1n) is 7.04. The van der Waals surface area contributed by atoms with Crippen LogP contribution in [-0.4, -0.2) is 34.4 Å². The van der Waals surface area contributed by atoms with Gasteiger partial charge in [-0.2, -0.15) is 0 Å². The molecular weight excluding hydrogens is 379 g/mol. The number of carbonyl (C=O) groups excluding carboxylic acids is 1. The first-order valence-corrected chi connectivity index (χ1v) is 7.83. The molecule has 0 saturated heterocycles. The van der Waals surface area contributed by atoms with Gasteiger partial charge in [0.05, 0.1) is 7.11 Å². The number of benzene rings is 1. The third-order valence-corrected chi connectivity index (χ3v) is 4.21. The van der Waals surface area contributed by atoms with Gasteiger partial charge in [-0.25, -0.2) is 14.4 Å². The first-order chi connectivity index (χ1) is 11.4. The van der Waals surface area contributed by atoms with Crippen LogP contribution in [0.2, 0.25) is 0 Å². The maximum Gasteiger partial charge on any atom is 0.278 e. The molecule has 2 heterocycles. The minimum atomic E-state index is -0.488. The van der Waals surface area contributed by atoms with Crippen molar-refractivity contribution in [2.24, 2.45) is 0 Å². The van der Waals surface area contributed by atoms with E-state index in [-0.39, 0.29) is 17.4 Å². The van der Waals surface area contributed by atoms with Gasteiger partial charge in [0.15, 0.2) is 17.2 Å². The standard InChI is InChI=1S/C16H14BrFN4O2/c1-9-7-19-15-14(17)20-12(8-22(9)15)16(23)21(2)10-4-5-11(18)13(6-10)24-3/h4-8H,1-3H3. The number of aryl methyl sites for hydroxylation is 1. The molecule has 0 N–H and O–H groups in total. The molecule has 0 atom stereocenters. The zero-order chi connectivity index (χ0) is 17.4. The molecule has 0 saturated carbocycles. The van der Waals surface area contributed by atoms with Gasteiger partial charge in [-0.1, -0.05) is 0 Å². The molecule has 0 aliphatic rings. The van der Waals surface area contributed by atoms with Crippen LogP contribution in [0.5, 0.6) is 5.75 Å². The van der Waals surface area contributed by atoms with Crippen molar-refractivity contribution in [1.82, 2.24) is 14.4 Å². The Bertz CT molecular complexity index is 941. The molecule has 6 nitrogen and oxygen atoms in total. The lowest BCUT2D eigenvalue weighted by molar-refractivity contribution is 0.0987. The summed E-state index contributed by atoms with van der Waals surface area (Å²) in [6, 6.07) is 4.22. The second-order valence-corrected chi connectivity index (χ2v) is 5.94. The smallest absolute Gasteiger partial charge is 0.278 e. The average Bonchev–Trinajstić information content (AvgIpc) is 2.96. The monoisotopic (exact) mass is 392 g/mol. The van der Waals surface area contributed by atoms with Crippen molar-refractivity contribution < 1.29 is 13.9 Å². The number of carbonyl (C=O) groups is 1. The van der Waals surface area contributed by atoms with Crippen molar-refractivity contribution in [3.8, 4) is 5.75 Å². The number of amides is 1. The molecule has 0 fully saturated rings. The van der Waals surface area contributed by atoms with Crippen molar-refractivity contribution in [1.29, 1.82) is 0 Å². The molecule has 1 amide bonds. The fourth-order valence-corrected chi connectivity index (χ4v) is 2.80. The SMILES string of the molecule is COc1cc(N(C)C(=O)c2cn3c(C)cnc3c(Br)n2)ccc1F. The van der Waals surface area contributed by atoms with Gasteiger partial charge in [-0.15, -0.1) is 0 Å². The second-order valence-electron chi connectivity index (χ2n) is 5.19. The van der Waals surface area contributed by atoms with Crippen molar-refractivity contribution in [3.63, 3.8) is 0 Å². The molecule has 0 aliphatic heterocycles. The van der Waals surface area contributed by atoms with Gasteiger partial charge < -0.3 is 9.64 Å². The van der Waals surface area contributed by atoms with Crippen LogP contribution in [0.25, 0.3) is 5.65 Å². The van der Waals surface area contributed by atoms with Crippen LogP contribution in [0.3, 0.4) is 0 Å². The van der Waals surface area contributed by atoms with E-state index in [0.717, 1.165) is 5.69 Å². The number of hydrogen-bond donors (Lipinski definition) is 0. The predicted molar refractivity (Wildman–Crippen MR) is 91.1 cm³/mol. The van der Waals surface area contributed by atoms with Gasteiger partial charge in [0.25, 0.3) is 5.91 Å². The Hall–Kier alpha value is -2.48. The molecule has 124 valence electrons. The van der Waals surface area contributed by atoms with E-state index in [4.69, 9.17) is 4.74 Å². The largest absolute Gasteiger partial charge is 0.494 e. The third-order valence-electron chi connectivity index (χ3n) is 3.68. The molecule has 24 heavy (non-hydrogen) atoms. The van der Waals surface area contributed by atoms with Gasteiger partial charge >= 0.3 is 0 Å². The average molecular weight is 393 g/mol. The number of nitrogens with zero attached hydrogens (tertiary/aromatic N) is 4. The molecule has 0 radical (unpaired) electrons.